The van der Waals surface area contributed by atoms with E-state index in [-0.39, 0.29) is 23.4 Å². The number of nitriles is 1. The molecule has 136 valence electrons. The maximum absolute atomic E-state index is 12.5. The Morgan fingerprint density at radius 2 is 1.75 bits per heavy atom. The van der Waals surface area contributed by atoms with Crippen molar-refractivity contribution in [1.29, 1.82) is 5.26 Å². The molecule has 2 saturated carbocycles. The van der Waals surface area contributed by atoms with Gasteiger partial charge in [-0.1, -0.05) is 39.5 Å². The normalized spacial score (nSPS) is 33.6. The molecule has 3 heteroatoms. The first-order valence-corrected chi connectivity index (χ1v) is 10.2. The Kier molecular flexibility index (Phi) is 7.59. The molecule has 0 saturated heterocycles. The SMILES string of the molecule is CCCC[C@H]1CC[C@H](C(=O)O[C@H]2CC[C@@](C#N)(CCC)CC2)CC1. The van der Waals surface area contributed by atoms with Crippen LogP contribution in [0, 0.1) is 28.6 Å². The summed E-state index contributed by atoms with van der Waals surface area (Å²) < 4.78 is 5.81. The summed E-state index contributed by atoms with van der Waals surface area (Å²) in [4.78, 5) is 12.5. The van der Waals surface area contributed by atoms with Gasteiger partial charge in [0.15, 0.2) is 0 Å². The van der Waals surface area contributed by atoms with Gasteiger partial charge in [0.1, 0.15) is 6.10 Å². The van der Waals surface area contributed by atoms with E-state index in [0.717, 1.165) is 57.3 Å². The molecule has 2 rings (SSSR count). The predicted molar refractivity (Wildman–Crippen MR) is 96.3 cm³/mol. The lowest BCUT2D eigenvalue weighted by atomic mass is 9.71. The molecule has 0 spiro atoms. The van der Waals surface area contributed by atoms with Crippen molar-refractivity contribution in [3.63, 3.8) is 0 Å². The van der Waals surface area contributed by atoms with E-state index < -0.39 is 0 Å². The minimum Gasteiger partial charge on any atom is -0.462 e. The van der Waals surface area contributed by atoms with Gasteiger partial charge in [-0.05, 0) is 63.7 Å². The molecule has 0 radical (unpaired) electrons. The number of nitrogens with zero attached hydrogens (tertiary/aromatic N) is 1. The highest BCUT2D eigenvalue weighted by Crippen LogP contribution is 2.41. The molecule has 2 aliphatic carbocycles. The summed E-state index contributed by atoms with van der Waals surface area (Å²) >= 11 is 0. The first-order valence-electron chi connectivity index (χ1n) is 10.2. The van der Waals surface area contributed by atoms with Crippen molar-refractivity contribution in [2.24, 2.45) is 17.3 Å². The minimum atomic E-state index is -0.158. The van der Waals surface area contributed by atoms with Crippen LogP contribution in [-0.2, 0) is 9.53 Å². The average Bonchev–Trinajstić information content (AvgIpc) is 2.62. The van der Waals surface area contributed by atoms with Crippen molar-refractivity contribution >= 4 is 5.97 Å². The van der Waals surface area contributed by atoms with Gasteiger partial charge >= 0.3 is 5.97 Å². The van der Waals surface area contributed by atoms with E-state index in [4.69, 9.17) is 4.74 Å². The van der Waals surface area contributed by atoms with E-state index in [9.17, 15) is 10.1 Å². The van der Waals surface area contributed by atoms with Gasteiger partial charge in [0.25, 0.3) is 0 Å². The highest BCUT2D eigenvalue weighted by Gasteiger charge is 2.37. The van der Waals surface area contributed by atoms with Gasteiger partial charge in [0.05, 0.1) is 17.4 Å². The third kappa shape index (κ3) is 5.23. The Hall–Kier alpha value is -1.04. The average molecular weight is 334 g/mol. The van der Waals surface area contributed by atoms with Crippen molar-refractivity contribution in [3.05, 3.63) is 0 Å². The molecular formula is C21H35NO2. The van der Waals surface area contributed by atoms with E-state index >= 15 is 0 Å². The second kappa shape index (κ2) is 9.44. The Labute approximate surface area is 148 Å². The van der Waals surface area contributed by atoms with Crippen molar-refractivity contribution < 1.29 is 9.53 Å². The highest BCUT2D eigenvalue weighted by atomic mass is 16.5. The molecule has 0 aromatic rings. The fraction of sp³-hybridized carbons (Fsp3) is 0.905. The number of rotatable bonds is 7. The molecule has 2 aliphatic rings. The van der Waals surface area contributed by atoms with Crippen molar-refractivity contribution in [2.45, 2.75) is 103 Å². The van der Waals surface area contributed by atoms with Gasteiger partial charge in [-0.2, -0.15) is 5.26 Å². The summed E-state index contributed by atoms with van der Waals surface area (Å²) in [5, 5.41) is 9.47. The molecule has 0 aromatic heterocycles. The van der Waals surface area contributed by atoms with Crippen LogP contribution in [0.5, 0.6) is 0 Å². The van der Waals surface area contributed by atoms with Crippen LogP contribution in [0.15, 0.2) is 0 Å². The first kappa shape index (κ1) is 19.3. The fourth-order valence-corrected chi connectivity index (χ4v) is 4.60. The molecule has 0 unspecified atom stereocenters. The molecule has 0 amide bonds. The molecular weight excluding hydrogens is 298 g/mol. The third-order valence-electron chi connectivity index (χ3n) is 6.28. The van der Waals surface area contributed by atoms with E-state index in [2.05, 4.69) is 19.9 Å². The number of ether oxygens (including phenoxy) is 1. The first-order chi connectivity index (χ1) is 11.6. The zero-order chi connectivity index (χ0) is 17.4. The summed E-state index contributed by atoms with van der Waals surface area (Å²) in [6.45, 7) is 4.39. The van der Waals surface area contributed by atoms with Crippen molar-refractivity contribution in [3.8, 4) is 6.07 Å². The summed E-state index contributed by atoms with van der Waals surface area (Å²) in [5.41, 5.74) is -0.158. The summed E-state index contributed by atoms with van der Waals surface area (Å²) in [5.74, 6) is 0.990. The van der Waals surface area contributed by atoms with Crippen molar-refractivity contribution in [2.75, 3.05) is 0 Å². The number of carbonyl (C=O) groups is 1. The molecule has 3 nitrogen and oxygen atoms in total. The summed E-state index contributed by atoms with van der Waals surface area (Å²) in [6.07, 6.45) is 13.9. The molecule has 24 heavy (non-hydrogen) atoms. The lowest BCUT2D eigenvalue weighted by Crippen LogP contribution is -2.33. The second-order valence-corrected chi connectivity index (χ2v) is 8.14. The van der Waals surface area contributed by atoms with E-state index in [1.54, 1.807) is 0 Å². The molecule has 0 aliphatic heterocycles. The highest BCUT2D eigenvalue weighted by molar-refractivity contribution is 5.72. The zero-order valence-corrected chi connectivity index (χ0v) is 15.7. The lowest BCUT2D eigenvalue weighted by molar-refractivity contribution is -0.158. The predicted octanol–water partition coefficient (Wildman–Crippen LogP) is 5.78. The molecule has 0 atom stereocenters. The maximum Gasteiger partial charge on any atom is 0.309 e. The van der Waals surface area contributed by atoms with Crippen molar-refractivity contribution in [1.82, 2.24) is 0 Å². The van der Waals surface area contributed by atoms with Crippen LogP contribution in [0.25, 0.3) is 0 Å². The Bertz CT molecular complexity index is 424. The second-order valence-electron chi connectivity index (χ2n) is 8.14. The minimum absolute atomic E-state index is 0.0360. The summed E-state index contributed by atoms with van der Waals surface area (Å²) in [6, 6.07) is 2.54. The van der Waals surface area contributed by atoms with Crippen LogP contribution in [0.4, 0.5) is 0 Å². The van der Waals surface area contributed by atoms with Crippen LogP contribution < -0.4 is 0 Å². The van der Waals surface area contributed by atoms with Crippen LogP contribution in [0.2, 0.25) is 0 Å². The van der Waals surface area contributed by atoms with E-state index in [1.165, 1.54) is 32.1 Å². The number of esters is 1. The zero-order valence-electron chi connectivity index (χ0n) is 15.7. The van der Waals surface area contributed by atoms with Crippen LogP contribution >= 0.6 is 0 Å². The van der Waals surface area contributed by atoms with Gasteiger partial charge in [-0.25, -0.2) is 0 Å². The van der Waals surface area contributed by atoms with Gasteiger partial charge < -0.3 is 4.74 Å². The number of unbranched alkanes of at least 4 members (excludes halogenated alkanes) is 1. The topological polar surface area (TPSA) is 50.1 Å². The van der Waals surface area contributed by atoms with Gasteiger partial charge in [-0.15, -0.1) is 0 Å². The van der Waals surface area contributed by atoms with Gasteiger partial charge in [0, 0.05) is 0 Å². The maximum atomic E-state index is 12.5. The van der Waals surface area contributed by atoms with E-state index in [1.807, 2.05) is 0 Å². The third-order valence-corrected chi connectivity index (χ3v) is 6.28. The standard InChI is InChI=1S/C21H35NO2/c1-3-5-6-17-7-9-18(10-8-17)20(23)24-19-11-14-21(16-22,13-4-2)15-12-19/h17-19H,3-15H2,1-2H3/t17-,18-,19-,21-. The largest absolute Gasteiger partial charge is 0.462 e. The molecule has 0 heterocycles. The number of hydrogen-bond donors (Lipinski definition) is 0. The van der Waals surface area contributed by atoms with E-state index in [0.29, 0.717) is 0 Å². The summed E-state index contributed by atoms with van der Waals surface area (Å²) in [7, 11) is 0. The van der Waals surface area contributed by atoms with Crippen LogP contribution in [0.3, 0.4) is 0 Å². The Balaban J connectivity index is 1.72. The molecule has 0 bridgehead atoms. The van der Waals surface area contributed by atoms with Gasteiger partial charge in [0.2, 0.25) is 0 Å². The van der Waals surface area contributed by atoms with Gasteiger partial charge in [-0.3, -0.25) is 4.79 Å². The van der Waals surface area contributed by atoms with Crippen LogP contribution in [0.1, 0.15) is 97.3 Å². The molecule has 2 fully saturated rings. The Morgan fingerprint density at radius 3 is 2.29 bits per heavy atom. The quantitative estimate of drug-likeness (QED) is 0.555. The van der Waals surface area contributed by atoms with Crippen LogP contribution in [-0.4, -0.2) is 12.1 Å². The lowest BCUT2D eigenvalue weighted by Gasteiger charge is -2.35. The molecule has 0 aromatic carbocycles. The number of carbonyl (C=O) groups excluding carboxylic acids is 1. The fourth-order valence-electron chi connectivity index (χ4n) is 4.60. The molecule has 0 N–H and O–H groups in total. The number of hydrogen-bond acceptors (Lipinski definition) is 3. The Morgan fingerprint density at radius 1 is 1.08 bits per heavy atom. The smallest absolute Gasteiger partial charge is 0.309 e. The monoisotopic (exact) mass is 333 g/mol.